The van der Waals surface area contributed by atoms with Gasteiger partial charge in [-0.25, -0.2) is 8.42 Å². The van der Waals surface area contributed by atoms with Crippen molar-refractivity contribution in [3.8, 4) is 0 Å². The highest BCUT2D eigenvalue weighted by Crippen LogP contribution is 2.26. The highest BCUT2D eigenvalue weighted by Gasteiger charge is 2.30. The Morgan fingerprint density at radius 2 is 1.81 bits per heavy atom. The van der Waals surface area contributed by atoms with Gasteiger partial charge in [0.2, 0.25) is 21.8 Å². The first-order valence-electron chi connectivity index (χ1n) is 10.3. The minimum absolute atomic E-state index is 0.172. The van der Waals surface area contributed by atoms with Crippen molar-refractivity contribution >= 4 is 39.1 Å². The van der Waals surface area contributed by atoms with E-state index in [9.17, 15) is 18.0 Å². The second kappa shape index (κ2) is 10.8. The van der Waals surface area contributed by atoms with Gasteiger partial charge in [0.15, 0.2) is 0 Å². The van der Waals surface area contributed by atoms with Crippen LogP contribution < -0.4 is 9.62 Å². The van der Waals surface area contributed by atoms with Crippen LogP contribution in [0.5, 0.6) is 0 Å². The Morgan fingerprint density at radius 1 is 1.12 bits per heavy atom. The summed E-state index contributed by atoms with van der Waals surface area (Å²) in [6, 6.07) is 11.7. The largest absolute Gasteiger partial charge is 0.355 e. The fraction of sp³-hybridized carbons (Fsp3) is 0.391. The standard InChI is InChI=1S/C23H30ClN3O4S/c1-6-25-23(29)18(4)26(14-19-9-7-8-16(2)12-19)22(28)15-27(32(5,30)31)21-13-20(24)11-10-17(21)3/h7-13,18H,6,14-15H2,1-5H3,(H,25,29). The lowest BCUT2D eigenvalue weighted by molar-refractivity contribution is -0.139. The van der Waals surface area contributed by atoms with Crippen LogP contribution in [0.25, 0.3) is 0 Å². The highest BCUT2D eigenvalue weighted by molar-refractivity contribution is 7.92. The molecule has 1 N–H and O–H groups in total. The van der Waals surface area contributed by atoms with Gasteiger partial charge in [-0.1, -0.05) is 47.5 Å². The predicted molar refractivity (Wildman–Crippen MR) is 128 cm³/mol. The van der Waals surface area contributed by atoms with Crippen molar-refractivity contribution in [3.05, 3.63) is 64.2 Å². The zero-order chi connectivity index (χ0) is 24.1. The molecule has 0 saturated heterocycles. The van der Waals surface area contributed by atoms with E-state index < -0.39 is 28.5 Å². The molecule has 0 aromatic heterocycles. The zero-order valence-corrected chi connectivity index (χ0v) is 20.6. The molecule has 1 unspecified atom stereocenters. The first-order chi connectivity index (χ1) is 14.9. The van der Waals surface area contributed by atoms with Gasteiger partial charge in [-0.05, 0) is 51.0 Å². The average Bonchev–Trinajstić information content (AvgIpc) is 2.71. The zero-order valence-electron chi connectivity index (χ0n) is 19.1. The van der Waals surface area contributed by atoms with Crippen LogP contribution in [-0.4, -0.2) is 50.5 Å². The summed E-state index contributed by atoms with van der Waals surface area (Å²) in [5, 5.41) is 3.09. The molecule has 7 nitrogen and oxygen atoms in total. The normalized spacial score (nSPS) is 12.2. The molecule has 0 heterocycles. The monoisotopic (exact) mass is 479 g/mol. The van der Waals surface area contributed by atoms with E-state index in [1.54, 1.807) is 32.9 Å². The summed E-state index contributed by atoms with van der Waals surface area (Å²) < 4.78 is 26.2. The van der Waals surface area contributed by atoms with E-state index in [1.807, 2.05) is 31.2 Å². The molecule has 0 fully saturated rings. The summed E-state index contributed by atoms with van der Waals surface area (Å²) in [6.45, 7) is 7.26. The van der Waals surface area contributed by atoms with Crippen molar-refractivity contribution in [1.82, 2.24) is 10.2 Å². The van der Waals surface area contributed by atoms with Crippen LogP contribution in [0.1, 0.15) is 30.5 Å². The van der Waals surface area contributed by atoms with Crippen LogP contribution in [-0.2, 0) is 26.2 Å². The summed E-state index contributed by atoms with van der Waals surface area (Å²) in [5.74, 6) is -0.798. The summed E-state index contributed by atoms with van der Waals surface area (Å²) in [5.41, 5.74) is 2.86. The molecule has 9 heteroatoms. The van der Waals surface area contributed by atoms with Crippen LogP contribution in [0, 0.1) is 13.8 Å². The number of carbonyl (C=O) groups is 2. The molecular formula is C23H30ClN3O4S. The van der Waals surface area contributed by atoms with Gasteiger partial charge >= 0.3 is 0 Å². The molecule has 0 aliphatic carbocycles. The van der Waals surface area contributed by atoms with Crippen LogP contribution in [0.3, 0.4) is 0 Å². The predicted octanol–water partition coefficient (Wildman–Crippen LogP) is 3.28. The maximum Gasteiger partial charge on any atom is 0.244 e. The Labute approximate surface area is 195 Å². The number of halogens is 1. The second-order valence-corrected chi connectivity index (χ2v) is 10.1. The second-order valence-electron chi connectivity index (χ2n) is 7.78. The van der Waals surface area contributed by atoms with E-state index in [4.69, 9.17) is 11.6 Å². The van der Waals surface area contributed by atoms with Crippen LogP contribution in [0.2, 0.25) is 5.02 Å². The third kappa shape index (κ3) is 6.71. The molecule has 0 aliphatic heterocycles. The minimum atomic E-state index is -3.79. The van der Waals surface area contributed by atoms with E-state index in [2.05, 4.69) is 5.32 Å². The average molecular weight is 480 g/mol. The molecule has 2 aromatic rings. The number of nitrogens with one attached hydrogen (secondary N) is 1. The van der Waals surface area contributed by atoms with E-state index in [1.165, 1.54) is 11.0 Å². The third-order valence-electron chi connectivity index (χ3n) is 5.07. The van der Waals surface area contributed by atoms with Crippen molar-refractivity contribution in [2.75, 3.05) is 23.7 Å². The molecule has 1 atom stereocenters. The van der Waals surface area contributed by atoms with Gasteiger partial charge in [0.05, 0.1) is 11.9 Å². The smallest absolute Gasteiger partial charge is 0.244 e. The highest BCUT2D eigenvalue weighted by atomic mass is 35.5. The summed E-state index contributed by atoms with van der Waals surface area (Å²) in [4.78, 5) is 27.4. The number of hydrogen-bond donors (Lipinski definition) is 1. The Hall–Kier alpha value is -2.58. The van der Waals surface area contributed by atoms with Gasteiger partial charge in [-0.15, -0.1) is 0 Å². The number of hydrogen-bond acceptors (Lipinski definition) is 4. The fourth-order valence-corrected chi connectivity index (χ4v) is 4.42. The van der Waals surface area contributed by atoms with Crippen molar-refractivity contribution < 1.29 is 18.0 Å². The number of likely N-dealkylation sites (N-methyl/N-ethyl adjacent to an activating group) is 1. The van der Waals surface area contributed by atoms with Gasteiger partial charge in [-0.2, -0.15) is 0 Å². The first-order valence-corrected chi connectivity index (χ1v) is 12.5. The van der Waals surface area contributed by atoms with Crippen molar-refractivity contribution in [2.24, 2.45) is 0 Å². The van der Waals surface area contributed by atoms with Gasteiger partial charge in [-0.3, -0.25) is 13.9 Å². The van der Waals surface area contributed by atoms with Crippen molar-refractivity contribution in [1.29, 1.82) is 0 Å². The summed E-state index contributed by atoms with van der Waals surface area (Å²) in [6.07, 6.45) is 1.04. The van der Waals surface area contributed by atoms with E-state index in [0.717, 1.165) is 21.7 Å². The van der Waals surface area contributed by atoms with Crippen LogP contribution in [0.4, 0.5) is 5.69 Å². The first kappa shape index (κ1) is 25.7. The topological polar surface area (TPSA) is 86.8 Å². The molecule has 0 saturated carbocycles. The number of anilines is 1. The molecule has 0 bridgehead atoms. The molecule has 2 aromatic carbocycles. The Balaban J connectivity index is 2.43. The number of rotatable bonds is 9. The van der Waals surface area contributed by atoms with Crippen molar-refractivity contribution in [3.63, 3.8) is 0 Å². The molecule has 0 aliphatic rings. The Kier molecular flexibility index (Phi) is 8.69. The summed E-state index contributed by atoms with van der Waals surface area (Å²) in [7, 11) is -3.79. The minimum Gasteiger partial charge on any atom is -0.355 e. The number of sulfonamides is 1. The van der Waals surface area contributed by atoms with Crippen LogP contribution in [0.15, 0.2) is 42.5 Å². The van der Waals surface area contributed by atoms with E-state index in [0.29, 0.717) is 22.8 Å². The summed E-state index contributed by atoms with van der Waals surface area (Å²) >= 11 is 6.09. The van der Waals surface area contributed by atoms with Gasteiger partial charge in [0.25, 0.3) is 0 Å². The van der Waals surface area contributed by atoms with E-state index >= 15 is 0 Å². The van der Waals surface area contributed by atoms with Gasteiger partial charge in [0.1, 0.15) is 12.6 Å². The Morgan fingerprint density at radius 3 is 2.41 bits per heavy atom. The molecule has 0 spiro atoms. The molecule has 32 heavy (non-hydrogen) atoms. The molecule has 2 rings (SSSR count). The molecular weight excluding hydrogens is 450 g/mol. The quantitative estimate of drug-likeness (QED) is 0.598. The number of nitrogens with zero attached hydrogens (tertiary/aromatic N) is 2. The molecule has 2 amide bonds. The third-order valence-corrected chi connectivity index (χ3v) is 6.43. The molecule has 0 radical (unpaired) electrons. The Bertz CT molecular complexity index is 1090. The number of carbonyl (C=O) groups excluding carboxylic acids is 2. The lowest BCUT2D eigenvalue weighted by atomic mass is 10.1. The van der Waals surface area contributed by atoms with Crippen LogP contribution >= 0.6 is 11.6 Å². The molecule has 174 valence electrons. The maximum atomic E-state index is 13.4. The number of amides is 2. The van der Waals surface area contributed by atoms with Gasteiger partial charge < -0.3 is 10.2 Å². The lowest BCUT2D eigenvalue weighted by Gasteiger charge is -2.32. The fourth-order valence-electron chi connectivity index (χ4n) is 3.36. The van der Waals surface area contributed by atoms with Gasteiger partial charge in [0, 0.05) is 18.1 Å². The SMILES string of the molecule is CCNC(=O)C(C)N(Cc1cccc(C)c1)C(=O)CN(c1cc(Cl)ccc1C)S(C)(=O)=O. The number of aryl methyl sites for hydroxylation is 2. The van der Waals surface area contributed by atoms with E-state index in [-0.39, 0.29) is 12.5 Å². The van der Waals surface area contributed by atoms with Crippen molar-refractivity contribution in [2.45, 2.75) is 40.3 Å². The number of benzene rings is 2. The maximum absolute atomic E-state index is 13.4. The lowest BCUT2D eigenvalue weighted by Crippen LogP contribution is -2.51.